The summed E-state index contributed by atoms with van der Waals surface area (Å²) in [5.74, 6) is 0.754. The molecule has 1 aromatic carbocycles. The van der Waals surface area contributed by atoms with E-state index < -0.39 is 0 Å². The fourth-order valence-electron chi connectivity index (χ4n) is 3.82. The van der Waals surface area contributed by atoms with Gasteiger partial charge < -0.3 is 14.7 Å². The Hall–Kier alpha value is -2.96. The van der Waals surface area contributed by atoms with E-state index in [0.29, 0.717) is 12.3 Å². The molecule has 1 aliphatic heterocycles. The topological polar surface area (TPSA) is 84.2 Å². The average molecular weight is 365 g/mol. The molecule has 0 radical (unpaired) electrons. The van der Waals surface area contributed by atoms with E-state index in [9.17, 15) is 4.79 Å². The van der Waals surface area contributed by atoms with Crippen molar-refractivity contribution < 1.29 is 9.32 Å². The number of benzene rings is 1. The van der Waals surface area contributed by atoms with Crippen molar-refractivity contribution in [3.05, 3.63) is 41.3 Å². The third kappa shape index (κ3) is 3.49. The molecule has 0 aliphatic carbocycles. The Morgan fingerprint density at radius 1 is 1.19 bits per heavy atom. The summed E-state index contributed by atoms with van der Waals surface area (Å²) >= 11 is 0. The molecule has 1 amide bonds. The number of hydrogen-bond donors (Lipinski definition) is 1. The molecule has 0 saturated carbocycles. The summed E-state index contributed by atoms with van der Waals surface area (Å²) in [6, 6.07) is 6.10. The zero-order valence-corrected chi connectivity index (χ0v) is 15.8. The predicted molar refractivity (Wildman–Crippen MR) is 104 cm³/mol. The number of fused-ring (bicyclic) bond motifs is 1. The van der Waals surface area contributed by atoms with Gasteiger partial charge in [0.1, 0.15) is 17.5 Å². The minimum atomic E-state index is -0.0928. The SMILES string of the molecule is Cc1cc(C)cc(NC(=O)C2CCCN(c3ncnc4onc(C)c34)C2)c1. The molecule has 1 N–H and O–H groups in total. The van der Waals surface area contributed by atoms with E-state index in [1.165, 1.54) is 6.33 Å². The van der Waals surface area contributed by atoms with E-state index in [2.05, 4.69) is 31.4 Å². The molecule has 0 bridgehead atoms. The lowest BCUT2D eigenvalue weighted by Crippen LogP contribution is -2.41. The van der Waals surface area contributed by atoms with E-state index in [-0.39, 0.29) is 11.8 Å². The average Bonchev–Trinajstić information content (AvgIpc) is 3.02. The first-order valence-electron chi connectivity index (χ1n) is 9.22. The van der Waals surface area contributed by atoms with Gasteiger partial charge in [0.15, 0.2) is 0 Å². The number of aryl methyl sites for hydroxylation is 3. The minimum Gasteiger partial charge on any atom is -0.355 e. The van der Waals surface area contributed by atoms with Crippen LogP contribution in [0.4, 0.5) is 11.5 Å². The van der Waals surface area contributed by atoms with Crippen LogP contribution in [0.3, 0.4) is 0 Å². The van der Waals surface area contributed by atoms with Gasteiger partial charge in [-0.15, -0.1) is 0 Å². The number of nitrogens with zero attached hydrogens (tertiary/aromatic N) is 4. The molecule has 0 spiro atoms. The Bertz CT molecular complexity index is 977. The summed E-state index contributed by atoms with van der Waals surface area (Å²) in [4.78, 5) is 23.6. The van der Waals surface area contributed by atoms with E-state index >= 15 is 0 Å². The van der Waals surface area contributed by atoms with Crippen LogP contribution in [0.25, 0.3) is 11.1 Å². The van der Waals surface area contributed by atoms with Crippen molar-refractivity contribution in [3.8, 4) is 0 Å². The molecule has 1 aliphatic rings. The van der Waals surface area contributed by atoms with Crippen LogP contribution in [-0.4, -0.2) is 34.1 Å². The van der Waals surface area contributed by atoms with E-state index in [4.69, 9.17) is 4.52 Å². The van der Waals surface area contributed by atoms with Gasteiger partial charge in [0.25, 0.3) is 5.71 Å². The van der Waals surface area contributed by atoms with Gasteiger partial charge in [-0.25, -0.2) is 4.98 Å². The first-order chi connectivity index (χ1) is 13.0. The maximum absolute atomic E-state index is 12.8. The summed E-state index contributed by atoms with van der Waals surface area (Å²) in [7, 11) is 0. The summed E-state index contributed by atoms with van der Waals surface area (Å²) in [5.41, 5.74) is 4.39. The van der Waals surface area contributed by atoms with Crippen LogP contribution < -0.4 is 10.2 Å². The number of hydrogen-bond acceptors (Lipinski definition) is 6. The second-order valence-electron chi connectivity index (χ2n) is 7.30. The summed E-state index contributed by atoms with van der Waals surface area (Å²) in [6.45, 7) is 7.42. The number of rotatable bonds is 3. The third-order valence-electron chi connectivity index (χ3n) is 5.00. The van der Waals surface area contributed by atoms with Gasteiger partial charge >= 0.3 is 0 Å². The van der Waals surface area contributed by atoms with Crippen molar-refractivity contribution in [3.63, 3.8) is 0 Å². The molecule has 7 nitrogen and oxygen atoms in total. The highest BCUT2D eigenvalue weighted by Crippen LogP contribution is 2.30. The molecule has 1 saturated heterocycles. The summed E-state index contributed by atoms with van der Waals surface area (Å²) < 4.78 is 5.25. The molecule has 1 atom stereocenters. The van der Waals surface area contributed by atoms with Crippen LogP contribution >= 0.6 is 0 Å². The van der Waals surface area contributed by atoms with E-state index in [1.807, 2.05) is 32.9 Å². The van der Waals surface area contributed by atoms with Crippen LogP contribution in [0, 0.1) is 26.7 Å². The van der Waals surface area contributed by atoms with Crippen molar-refractivity contribution in [2.45, 2.75) is 33.6 Å². The fraction of sp³-hybridized carbons (Fsp3) is 0.400. The van der Waals surface area contributed by atoms with Crippen LogP contribution in [0.1, 0.15) is 29.7 Å². The second-order valence-corrected chi connectivity index (χ2v) is 7.30. The molecule has 27 heavy (non-hydrogen) atoms. The summed E-state index contributed by atoms with van der Waals surface area (Å²) in [5, 5.41) is 7.90. The van der Waals surface area contributed by atoms with Crippen LogP contribution in [0.15, 0.2) is 29.0 Å². The van der Waals surface area contributed by atoms with Crippen molar-refractivity contribution >= 4 is 28.5 Å². The normalized spacial score (nSPS) is 17.3. The predicted octanol–water partition coefficient (Wildman–Crippen LogP) is 3.40. The van der Waals surface area contributed by atoms with Gasteiger partial charge in [-0.1, -0.05) is 11.2 Å². The first-order valence-corrected chi connectivity index (χ1v) is 9.22. The minimum absolute atomic E-state index is 0.0528. The third-order valence-corrected chi connectivity index (χ3v) is 5.00. The molecular weight excluding hydrogens is 342 g/mol. The largest absolute Gasteiger partial charge is 0.355 e. The van der Waals surface area contributed by atoms with E-state index in [0.717, 1.165) is 53.1 Å². The lowest BCUT2D eigenvalue weighted by molar-refractivity contribution is -0.120. The van der Waals surface area contributed by atoms with Crippen molar-refractivity contribution in [1.29, 1.82) is 0 Å². The molecule has 140 valence electrons. The van der Waals surface area contributed by atoms with Crippen LogP contribution in [-0.2, 0) is 4.79 Å². The van der Waals surface area contributed by atoms with Gasteiger partial charge in [-0.3, -0.25) is 4.79 Å². The van der Waals surface area contributed by atoms with Gasteiger partial charge in [0, 0.05) is 18.8 Å². The molecule has 7 heteroatoms. The number of carbonyl (C=O) groups excluding carboxylic acids is 1. The number of aromatic nitrogens is 3. The Kier molecular flexibility index (Phi) is 4.51. The van der Waals surface area contributed by atoms with Crippen LogP contribution in [0.2, 0.25) is 0 Å². The Morgan fingerprint density at radius 3 is 2.74 bits per heavy atom. The van der Waals surface area contributed by atoms with Crippen molar-refractivity contribution in [1.82, 2.24) is 15.1 Å². The van der Waals surface area contributed by atoms with Crippen molar-refractivity contribution in [2.24, 2.45) is 5.92 Å². The van der Waals surface area contributed by atoms with E-state index in [1.54, 1.807) is 0 Å². The summed E-state index contributed by atoms with van der Waals surface area (Å²) in [6.07, 6.45) is 3.28. The quantitative estimate of drug-likeness (QED) is 0.766. The smallest absolute Gasteiger partial charge is 0.263 e. The van der Waals surface area contributed by atoms with Gasteiger partial charge in [-0.05, 0) is 56.9 Å². The maximum atomic E-state index is 12.8. The molecule has 3 aromatic rings. The second kappa shape index (κ2) is 6.98. The lowest BCUT2D eigenvalue weighted by atomic mass is 9.96. The van der Waals surface area contributed by atoms with Gasteiger partial charge in [0.05, 0.1) is 11.6 Å². The standard InChI is InChI=1S/C20H23N5O2/c1-12-7-13(2)9-16(8-12)23-19(26)15-5-4-6-25(10-15)18-17-14(3)24-27-20(17)22-11-21-18/h7-9,11,15H,4-6,10H2,1-3H3,(H,23,26). The highest BCUT2D eigenvalue weighted by Gasteiger charge is 2.28. The number of carbonyl (C=O) groups is 1. The number of amides is 1. The number of piperidine rings is 1. The first kappa shape index (κ1) is 17.5. The Morgan fingerprint density at radius 2 is 1.96 bits per heavy atom. The zero-order valence-electron chi connectivity index (χ0n) is 15.8. The zero-order chi connectivity index (χ0) is 19.0. The molecule has 2 aromatic heterocycles. The van der Waals surface area contributed by atoms with Gasteiger partial charge in [0.2, 0.25) is 5.91 Å². The highest BCUT2D eigenvalue weighted by atomic mass is 16.5. The highest BCUT2D eigenvalue weighted by molar-refractivity contribution is 5.94. The molecule has 1 unspecified atom stereocenters. The Balaban J connectivity index is 1.54. The van der Waals surface area contributed by atoms with Crippen LogP contribution in [0.5, 0.6) is 0 Å². The molecule has 4 rings (SSSR count). The molecule has 1 fully saturated rings. The lowest BCUT2D eigenvalue weighted by Gasteiger charge is -2.33. The number of nitrogens with one attached hydrogen (secondary N) is 1. The van der Waals surface area contributed by atoms with Gasteiger partial charge in [-0.2, -0.15) is 4.98 Å². The van der Waals surface area contributed by atoms with Crippen molar-refractivity contribution in [2.75, 3.05) is 23.3 Å². The number of anilines is 2. The monoisotopic (exact) mass is 365 g/mol. The molecular formula is C20H23N5O2. The maximum Gasteiger partial charge on any atom is 0.263 e. The fourth-order valence-corrected chi connectivity index (χ4v) is 3.82. The molecule has 3 heterocycles. The Labute approximate surface area is 157 Å².